The van der Waals surface area contributed by atoms with E-state index in [2.05, 4.69) is 19.9 Å². The van der Waals surface area contributed by atoms with Crippen molar-refractivity contribution in [1.82, 2.24) is 0 Å². The van der Waals surface area contributed by atoms with Crippen LogP contribution in [0.5, 0.6) is 0 Å². The summed E-state index contributed by atoms with van der Waals surface area (Å²) >= 11 is 7.50. The number of hydrogen-bond donors (Lipinski definition) is 1. The lowest BCUT2D eigenvalue weighted by Gasteiger charge is -2.49. The van der Waals surface area contributed by atoms with Crippen LogP contribution in [0.2, 0.25) is 4.34 Å². The third kappa shape index (κ3) is 1.41. The van der Waals surface area contributed by atoms with Crippen LogP contribution in [0.15, 0.2) is 12.1 Å². The normalized spacial score (nSPS) is 31.4. The van der Waals surface area contributed by atoms with Crippen molar-refractivity contribution in [2.75, 3.05) is 0 Å². The molecule has 72 valence electrons. The molecule has 0 spiro atoms. The number of rotatable bonds is 1. The number of halogens is 1. The Morgan fingerprint density at radius 3 is 2.62 bits per heavy atom. The van der Waals surface area contributed by atoms with Gasteiger partial charge in [-0.1, -0.05) is 25.4 Å². The molecule has 0 aliphatic heterocycles. The quantitative estimate of drug-likeness (QED) is 0.764. The van der Waals surface area contributed by atoms with Crippen LogP contribution in [0.3, 0.4) is 0 Å². The molecule has 1 aliphatic carbocycles. The van der Waals surface area contributed by atoms with Crippen molar-refractivity contribution in [3.63, 3.8) is 0 Å². The number of hydrogen-bond acceptors (Lipinski definition) is 2. The third-order valence-corrected chi connectivity index (χ3v) is 4.50. The molecule has 1 N–H and O–H groups in total. The van der Waals surface area contributed by atoms with Gasteiger partial charge in [0, 0.05) is 10.8 Å². The predicted molar refractivity (Wildman–Crippen MR) is 56.5 cm³/mol. The Bertz CT molecular complexity index is 318. The minimum atomic E-state index is -0.154. The Hall–Kier alpha value is -0.0500. The molecule has 0 aromatic carbocycles. The van der Waals surface area contributed by atoms with Gasteiger partial charge in [0.1, 0.15) is 0 Å². The fraction of sp³-hybridized carbons (Fsp3) is 0.600. The first-order valence-corrected chi connectivity index (χ1v) is 5.64. The summed E-state index contributed by atoms with van der Waals surface area (Å²) in [7, 11) is 0. The van der Waals surface area contributed by atoms with Crippen molar-refractivity contribution in [1.29, 1.82) is 0 Å². The molecule has 0 bridgehead atoms. The zero-order chi connectivity index (χ0) is 9.64. The minimum absolute atomic E-state index is 0.0220. The van der Waals surface area contributed by atoms with Gasteiger partial charge in [0.2, 0.25) is 0 Å². The molecule has 1 aromatic heterocycles. The molecule has 0 saturated heterocycles. The summed E-state index contributed by atoms with van der Waals surface area (Å²) in [5.41, 5.74) is 0.0220. The number of thiophene rings is 1. The van der Waals surface area contributed by atoms with Crippen LogP contribution in [-0.4, -0.2) is 11.2 Å². The molecule has 2 rings (SSSR count). The van der Waals surface area contributed by atoms with Gasteiger partial charge in [0.15, 0.2) is 0 Å². The van der Waals surface area contributed by atoms with Crippen molar-refractivity contribution in [3.8, 4) is 0 Å². The second kappa shape index (κ2) is 2.97. The van der Waals surface area contributed by atoms with Crippen LogP contribution >= 0.6 is 22.9 Å². The van der Waals surface area contributed by atoms with Gasteiger partial charge in [-0.25, -0.2) is 0 Å². The summed E-state index contributed by atoms with van der Waals surface area (Å²) in [5.74, 6) is 0.486. The fourth-order valence-electron chi connectivity index (χ4n) is 1.90. The van der Waals surface area contributed by atoms with Gasteiger partial charge in [-0.15, -0.1) is 11.3 Å². The van der Waals surface area contributed by atoms with Crippen LogP contribution in [0.4, 0.5) is 0 Å². The molecule has 1 aromatic rings. The van der Waals surface area contributed by atoms with Crippen LogP contribution in [0, 0.1) is 5.41 Å². The molecule has 1 nitrogen and oxygen atoms in total. The van der Waals surface area contributed by atoms with E-state index in [0.717, 1.165) is 10.8 Å². The zero-order valence-corrected chi connectivity index (χ0v) is 9.32. The first-order valence-electron chi connectivity index (χ1n) is 4.45. The fourth-order valence-corrected chi connectivity index (χ4v) is 3.27. The monoisotopic (exact) mass is 216 g/mol. The maximum atomic E-state index is 9.59. The van der Waals surface area contributed by atoms with E-state index in [4.69, 9.17) is 11.6 Å². The summed E-state index contributed by atoms with van der Waals surface area (Å²) in [4.78, 5) is 1.31. The molecule has 1 heterocycles. The molecule has 1 fully saturated rings. The maximum Gasteiger partial charge on any atom is 0.0931 e. The molecule has 13 heavy (non-hydrogen) atoms. The van der Waals surface area contributed by atoms with E-state index in [-0.39, 0.29) is 11.5 Å². The molecule has 1 saturated carbocycles. The molecule has 2 atom stereocenters. The number of aliphatic hydroxyl groups excluding tert-OH is 1. The molecular formula is C10H13ClOS. The molecule has 0 amide bonds. The molecule has 3 heteroatoms. The highest BCUT2D eigenvalue weighted by Gasteiger charge is 2.48. The van der Waals surface area contributed by atoms with Gasteiger partial charge in [-0.05, 0) is 24.0 Å². The van der Waals surface area contributed by atoms with Crippen LogP contribution < -0.4 is 0 Å². The number of aliphatic hydroxyl groups is 1. The van der Waals surface area contributed by atoms with Gasteiger partial charge in [0.05, 0.1) is 10.4 Å². The van der Waals surface area contributed by atoms with E-state index < -0.39 is 0 Å². The van der Waals surface area contributed by atoms with Crippen LogP contribution in [-0.2, 0) is 0 Å². The lowest BCUT2D eigenvalue weighted by Crippen LogP contribution is -2.46. The highest BCUT2D eigenvalue weighted by molar-refractivity contribution is 7.16. The van der Waals surface area contributed by atoms with Crippen molar-refractivity contribution < 1.29 is 5.11 Å². The van der Waals surface area contributed by atoms with E-state index in [9.17, 15) is 5.11 Å². The summed E-state index contributed by atoms with van der Waals surface area (Å²) in [6, 6.07) is 4.01. The van der Waals surface area contributed by atoms with Gasteiger partial charge in [-0.3, -0.25) is 0 Å². The molecular weight excluding hydrogens is 204 g/mol. The van der Waals surface area contributed by atoms with E-state index >= 15 is 0 Å². The largest absolute Gasteiger partial charge is 0.393 e. The molecule has 2 unspecified atom stereocenters. The lowest BCUT2D eigenvalue weighted by molar-refractivity contribution is -0.0613. The summed E-state index contributed by atoms with van der Waals surface area (Å²) < 4.78 is 0.840. The molecule has 1 aliphatic rings. The standard InChI is InChI=1S/C10H13ClOS/c1-10(2)6(5-8(10)12)7-3-4-9(11)13-7/h3-4,6,8,12H,5H2,1-2H3. The Kier molecular flexibility index (Phi) is 2.17. The first-order chi connectivity index (χ1) is 6.01. The summed E-state index contributed by atoms with van der Waals surface area (Å²) in [6.45, 7) is 4.22. The van der Waals surface area contributed by atoms with Crippen molar-refractivity contribution >= 4 is 22.9 Å². The van der Waals surface area contributed by atoms with Crippen molar-refractivity contribution in [2.45, 2.75) is 32.3 Å². The van der Waals surface area contributed by atoms with Gasteiger partial charge < -0.3 is 5.11 Å². The second-order valence-electron chi connectivity index (χ2n) is 4.27. The lowest BCUT2D eigenvalue weighted by atomic mass is 9.60. The zero-order valence-electron chi connectivity index (χ0n) is 7.75. The van der Waals surface area contributed by atoms with E-state index in [1.54, 1.807) is 11.3 Å². The second-order valence-corrected chi connectivity index (χ2v) is 6.01. The van der Waals surface area contributed by atoms with Crippen LogP contribution in [0.25, 0.3) is 0 Å². The predicted octanol–water partition coefficient (Wildman–Crippen LogP) is 3.28. The average Bonchev–Trinajstić information content (AvgIpc) is 2.47. The van der Waals surface area contributed by atoms with E-state index in [0.29, 0.717) is 5.92 Å². The maximum absolute atomic E-state index is 9.59. The Morgan fingerprint density at radius 2 is 2.23 bits per heavy atom. The van der Waals surface area contributed by atoms with Crippen molar-refractivity contribution in [2.24, 2.45) is 5.41 Å². The van der Waals surface area contributed by atoms with E-state index in [1.165, 1.54) is 4.88 Å². The van der Waals surface area contributed by atoms with Gasteiger partial charge in [-0.2, -0.15) is 0 Å². The van der Waals surface area contributed by atoms with Gasteiger partial charge >= 0.3 is 0 Å². The Balaban J connectivity index is 2.21. The van der Waals surface area contributed by atoms with Gasteiger partial charge in [0.25, 0.3) is 0 Å². The minimum Gasteiger partial charge on any atom is -0.393 e. The SMILES string of the molecule is CC1(C)C(O)CC1c1ccc(Cl)s1. The Morgan fingerprint density at radius 1 is 1.54 bits per heavy atom. The summed E-state index contributed by atoms with van der Waals surface area (Å²) in [5, 5.41) is 9.59. The van der Waals surface area contributed by atoms with Crippen LogP contribution in [0.1, 0.15) is 31.1 Å². The smallest absolute Gasteiger partial charge is 0.0931 e. The highest BCUT2D eigenvalue weighted by atomic mass is 35.5. The third-order valence-electron chi connectivity index (χ3n) is 3.15. The average molecular weight is 217 g/mol. The topological polar surface area (TPSA) is 20.2 Å². The van der Waals surface area contributed by atoms with E-state index in [1.807, 2.05) is 6.07 Å². The first kappa shape index (κ1) is 9.50. The van der Waals surface area contributed by atoms with Crippen molar-refractivity contribution in [3.05, 3.63) is 21.3 Å². The Labute approximate surface area is 87.4 Å². The highest BCUT2D eigenvalue weighted by Crippen LogP contribution is 2.54. The molecule has 0 radical (unpaired) electrons. The summed E-state index contributed by atoms with van der Waals surface area (Å²) in [6.07, 6.45) is 0.725.